The van der Waals surface area contributed by atoms with Crippen LogP contribution in [-0.2, 0) is 35.1 Å². The number of carboxylic acid groups (broad SMARTS) is 1. The molecule has 0 bridgehead atoms. The van der Waals surface area contributed by atoms with Crippen LogP contribution in [0.2, 0.25) is 0 Å². The van der Waals surface area contributed by atoms with E-state index in [1.165, 1.54) is 0 Å². The molecule has 0 radical (unpaired) electrons. The number of ether oxygens (including phenoxy) is 4. The van der Waals surface area contributed by atoms with E-state index in [0.717, 1.165) is 4.90 Å². The lowest BCUT2D eigenvalue weighted by atomic mass is 10.1. The molecule has 1 aromatic carbocycles. The minimum atomic E-state index is -1.30. The van der Waals surface area contributed by atoms with Gasteiger partial charge in [-0.05, 0) is 127 Å². The van der Waals surface area contributed by atoms with Gasteiger partial charge in [-0.1, -0.05) is 30.3 Å². The lowest BCUT2D eigenvalue weighted by Gasteiger charge is -2.29. The molecule has 0 aromatic heterocycles. The van der Waals surface area contributed by atoms with Gasteiger partial charge in [0.05, 0.1) is 0 Å². The van der Waals surface area contributed by atoms with Gasteiger partial charge in [0.15, 0.2) is 0 Å². The first-order valence-corrected chi connectivity index (χ1v) is 21.5. The van der Waals surface area contributed by atoms with Gasteiger partial charge in [-0.15, -0.1) is 0 Å². The van der Waals surface area contributed by atoms with Crippen LogP contribution in [0.1, 0.15) is 134 Å². The third-order valence-electron chi connectivity index (χ3n) is 8.29. The van der Waals surface area contributed by atoms with Crippen molar-refractivity contribution in [3.8, 4) is 0 Å². The number of nitrogens with zero attached hydrogens (tertiary/aromatic N) is 1. The van der Waals surface area contributed by atoms with Gasteiger partial charge < -0.3 is 56.0 Å². The van der Waals surface area contributed by atoms with E-state index in [9.17, 15) is 38.7 Å². The maximum absolute atomic E-state index is 13.7. The molecule has 3 atom stereocenters. The van der Waals surface area contributed by atoms with E-state index < -0.39 is 82.8 Å². The van der Waals surface area contributed by atoms with Gasteiger partial charge in [0.25, 0.3) is 0 Å². The summed E-state index contributed by atoms with van der Waals surface area (Å²) >= 11 is 0. The molecule has 0 aliphatic rings. The SMILES string of the molecule is CC(C)(C)OC(=O)NCCC[C@@H](CNC(=O)C[C@H](CCCNC(=O)[C@H](CCCNC(=O)OC(C)(C)C)N(Cc1ccccc1)C(=O)O)NC(=O)OC(C)(C)C)NC(=O)OC(C)(C)C. The maximum Gasteiger partial charge on any atom is 0.408 e. The summed E-state index contributed by atoms with van der Waals surface area (Å²) in [6.45, 7) is 21.2. The zero-order valence-electron chi connectivity index (χ0n) is 39.5. The lowest BCUT2D eigenvalue weighted by Crippen LogP contribution is -2.49. The second kappa shape index (κ2) is 26.2. The molecule has 7 N–H and O–H groups in total. The van der Waals surface area contributed by atoms with Crippen molar-refractivity contribution in [3.63, 3.8) is 0 Å². The topological polar surface area (TPSA) is 252 Å². The molecular weight excluding hydrogens is 819 g/mol. The number of hydrogen-bond donors (Lipinski definition) is 7. The van der Waals surface area contributed by atoms with Gasteiger partial charge in [-0.3, -0.25) is 14.5 Å². The third-order valence-corrected chi connectivity index (χ3v) is 8.29. The molecule has 0 aliphatic carbocycles. The maximum atomic E-state index is 13.7. The van der Waals surface area contributed by atoms with Crippen molar-refractivity contribution < 1.29 is 57.6 Å². The average molecular weight is 894 g/mol. The van der Waals surface area contributed by atoms with Crippen molar-refractivity contribution in [2.75, 3.05) is 26.2 Å². The van der Waals surface area contributed by atoms with Gasteiger partial charge in [-0.2, -0.15) is 0 Å². The van der Waals surface area contributed by atoms with Crippen molar-refractivity contribution in [1.82, 2.24) is 36.8 Å². The van der Waals surface area contributed by atoms with E-state index in [1.807, 2.05) is 0 Å². The fourth-order valence-electron chi connectivity index (χ4n) is 5.78. The number of carbonyl (C=O) groups excluding carboxylic acids is 6. The second-order valence-corrected chi connectivity index (χ2v) is 19.2. The highest BCUT2D eigenvalue weighted by atomic mass is 16.6. The minimum absolute atomic E-state index is 0.0114. The Morgan fingerprint density at radius 2 is 0.968 bits per heavy atom. The molecule has 63 heavy (non-hydrogen) atoms. The summed E-state index contributed by atoms with van der Waals surface area (Å²) in [4.78, 5) is 90.4. The molecule has 0 fully saturated rings. The van der Waals surface area contributed by atoms with E-state index in [-0.39, 0.29) is 64.8 Å². The zero-order chi connectivity index (χ0) is 48.0. The van der Waals surface area contributed by atoms with Gasteiger partial charge in [0, 0.05) is 51.2 Å². The minimum Gasteiger partial charge on any atom is -0.465 e. The summed E-state index contributed by atoms with van der Waals surface area (Å²) in [6.07, 6.45) is -2.45. The highest BCUT2D eigenvalue weighted by Gasteiger charge is 2.30. The Morgan fingerprint density at radius 1 is 0.556 bits per heavy atom. The number of hydrogen-bond acceptors (Lipinski definition) is 11. The molecular formula is C44H75N7O12. The Bertz CT molecular complexity index is 1620. The van der Waals surface area contributed by atoms with Crippen molar-refractivity contribution in [2.24, 2.45) is 0 Å². The predicted octanol–water partition coefficient (Wildman–Crippen LogP) is 6.33. The summed E-state index contributed by atoms with van der Waals surface area (Å²) in [5, 5.41) is 26.7. The summed E-state index contributed by atoms with van der Waals surface area (Å²) in [7, 11) is 0. The smallest absolute Gasteiger partial charge is 0.408 e. The van der Waals surface area contributed by atoms with Crippen molar-refractivity contribution in [1.29, 1.82) is 0 Å². The van der Waals surface area contributed by atoms with E-state index in [2.05, 4.69) is 31.9 Å². The molecule has 0 saturated carbocycles. The van der Waals surface area contributed by atoms with Crippen LogP contribution >= 0.6 is 0 Å². The largest absolute Gasteiger partial charge is 0.465 e. The molecule has 0 saturated heterocycles. The molecule has 1 rings (SSSR count). The summed E-state index contributed by atoms with van der Waals surface area (Å²) in [6, 6.07) is 6.42. The molecule has 0 heterocycles. The highest BCUT2D eigenvalue weighted by Crippen LogP contribution is 2.16. The van der Waals surface area contributed by atoms with Crippen molar-refractivity contribution in [2.45, 2.75) is 175 Å². The van der Waals surface area contributed by atoms with Crippen LogP contribution in [0.25, 0.3) is 0 Å². The van der Waals surface area contributed by atoms with Crippen LogP contribution in [-0.4, -0.2) is 119 Å². The number of rotatable bonds is 22. The Balaban J connectivity index is 3.05. The fourth-order valence-corrected chi connectivity index (χ4v) is 5.78. The lowest BCUT2D eigenvalue weighted by molar-refractivity contribution is -0.126. The number of nitrogens with one attached hydrogen (secondary N) is 6. The van der Waals surface area contributed by atoms with Crippen LogP contribution in [0.5, 0.6) is 0 Å². The molecule has 19 nitrogen and oxygen atoms in total. The van der Waals surface area contributed by atoms with E-state index in [4.69, 9.17) is 18.9 Å². The van der Waals surface area contributed by atoms with Crippen LogP contribution in [0, 0.1) is 0 Å². The first-order chi connectivity index (χ1) is 29.0. The van der Waals surface area contributed by atoms with Crippen LogP contribution in [0.4, 0.5) is 24.0 Å². The number of benzene rings is 1. The molecule has 0 unspecified atom stereocenters. The van der Waals surface area contributed by atoms with Gasteiger partial charge in [0.1, 0.15) is 28.4 Å². The third kappa shape index (κ3) is 28.7. The first-order valence-electron chi connectivity index (χ1n) is 21.5. The number of alkyl carbamates (subject to hydrolysis) is 4. The second-order valence-electron chi connectivity index (χ2n) is 19.2. The molecule has 0 spiro atoms. The quantitative estimate of drug-likeness (QED) is 0.0498. The normalized spacial score (nSPS) is 13.2. The van der Waals surface area contributed by atoms with Crippen LogP contribution in [0.3, 0.4) is 0 Å². The highest BCUT2D eigenvalue weighted by molar-refractivity contribution is 5.85. The molecule has 7 amide bonds. The summed E-state index contributed by atoms with van der Waals surface area (Å²) < 4.78 is 21.4. The summed E-state index contributed by atoms with van der Waals surface area (Å²) in [5.74, 6) is -0.995. The predicted molar refractivity (Wildman–Crippen MR) is 237 cm³/mol. The van der Waals surface area contributed by atoms with Gasteiger partial charge in [-0.25, -0.2) is 24.0 Å². The zero-order valence-corrected chi connectivity index (χ0v) is 39.5. The molecule has 0 aliphatic heterocycles. The van der Waals surface area contributed by atoms with Crippen LogP contribution in [0.15, 0.2) is 30.3 Å². The van der Waals surface area contributed by atoms with Gasteiger partial charge in [0.2, 0.25) is 11.8 Å². The Morgan fingerprint density at radius 3 is 1.43 bits per heavy atom. The van der Waals surface area contributed by atoms with Crippen molar-refractivity contribution in [3.05, 3.63) is 35.9 Å². The van der Waals surface area contributed by atoms with Gasteiger partial charge >= 0.3 is 30.5 Å². The molecule has 358 valence electrons. The monoisotopic (exact) mass is 894 g/mol. The van der Waals surface area contributed by atoms with E-state index >= 15 is 0 Å². The van der Waals surface area contributed by atoms with Crippen molar-refractivity contribution >= 4 is 42.3 Å². The number of carbonyl (C=O) groups is 7. The first kappa shape index (κ1) is 55.5. The standard InChI is InChI=1S/C44H75N7O12/c1-41(2,3)60-36(54)46-25-17-22-32(50-39(57)63-44(10,11)12)28-48-34(52)27-31(49-38(56)62-43(7,8)9)21-16-24-45-35(53)33(23-18-26-47-37(55)61-42(4,5)6)51(40(58)59)29-30-19-14-13-15-20-30/h13-15,19-20,31-33H,16-18,21-29H2,1-12H3,(H,45,53)(H,46,54)(H,47,55)(H,48,52)(H,49,56)(H,50,57)(H,58,59)/t31-,32-,33-/m0/s1. The Labute approximate surface area is 373 Å². The fraction of sp³-hybridized carbons (Fsp3) is 0.705. The molecule has 1 aromatic rings. The van der Waals surface area contributed by atoms with Crippen LogP contribution < -0.4 is 31.9 Å². The average Bonchev–Trinajstić information content (AvgIpc) is 3.10. The summed E-state index contributed by atoms with van der Waals surface area (Å²) in [5.41, 5.74) is -2.28. The van der Waals surface area contributed by atoms with E-state index in [1.54, 1.807) is 113 Å². The molecule has 19 heteroatoms. The Hall–Kier alpha value is -5.49. The van der Waals surface area contributed by atoms with E-state index in [0.29, 0.717) is 18.4 Å². The Kier molecular flexibility index (Phi) is 23.1. The number of amides is 7.